The Bertz CT molecular complexity index is 904. The summed E-state index contributed by atoms with van der Waals surface area (Å²) in [5.74, 6) is 0. The van der Waals surface area contributed by atoms with Crippen molar-refractivity contribution >= 4 is 54.5 Å². The highest BCUT2D eigenvalue weighted by Crippen LogP contribution is 2.24. The van der Waals surface area contributed by atoms with Crippen LogP contribution in [0.25, 0.3) is 5.65 Å². The molecule has 0 aliphatic rings. The van der Waals surface area contributed by atoms with Crippen LogP contribution in [-0.2, 0) is 16.6 Å². The first-order valence-electron chi connectivity index (χ1n) is 5.84. The third-order valence-corrected chi connectivity index (χ3v) is 6.19. The largest absolute Gasteiger partial charge is 0.288 e. The van der Waals surface area contributed by atoms with E-state index in [2.05, 4.69) is 25.6 Å². The summed E-state index contributed by atoms with van der Waals surface area (Å²) in [5, 5.41) is -0.0866. The normalized spacial score (nSPS) is 12.1. The highest BCUT2D eigenvalue weighted by molar-refractivity contribution is 9.11. The molecule has 0 fully saturated rings. The van der Waals surface area contributed by atoms with Gasteiger partial charge in [0, 0.05) is 17.6 Å². The number of fused-ring (bicyclic) bond motifs is 1. The van der Waals surface area contributed by atoms with E-state index in [9.17, 15) is 8.42 Å². The molecule has 0 aliphatic heterocycles. The minimum atomic E-state index is -3.75. The Hall–Kier alpha value is -0.930. The smallest absolute Gasteiger partial charge is 0.260 e. The number of aromatic nitrogens is 2. The standard InChI is InChI=1S/C12H9BrClN3O2S2/c13-9-5-4-8(20-9)7-15-21(18,19)12-11(14)16-10-3-1-2-6-17(10)12/h1-6,15H,7H2. The summed E-state index contributed by atoms with van der Waals surface area (Å²) in [7, 11) is -3.75. The molecule has 0 saturated heterocycles. The molecule has 0 radical (unpaired) electrons. The Morgan fingerprint density at radius 3 is 2.86 bits per heavy atom. The highest BCUT2D eigenvalue weighted by atomic mass is 79.9. The van der Waals surface area contributed by atoms with Gasteiger partial charge in [0.2, 0.25) is 0 Å². The van der Waals surface area contributed by atoms with Gasteiger partial charge in [-0.15, -0.1) is 11.3 Å². The maximum atomic E-state index is 12.4. The lowest BCUT2D eigenvalue weighted by Gasteiger charge is -2.05. The van der Waals surface area contributed by atoms with Gasteiger partial charge < -0.3 is 0 Å². The summed E-state index contributed by atoms with van der Waals surface area (Å²) in [5.41, 5.74) is 0.488. The fourth-order valence-corrected chi connectivity index (χ4v) is 5.03. The zero-order chi connectivity index (χ0) is 15.0. The molecule has 0 aliphatic carbocycles. The number of rotatable bonds is 4. The van der Waals surface area contributed by atoms with Crippen molar-refractivity contribution < 1.29 is 8.42 Å². The van der Waals surface area contributed by atoms with Crippen LogP contribution < -0.4 is 4.72 Å². The molecule has 0 atom stereocenters. The number of halogens is 2. The second-order valence-corrected chi connectivity index (χ2v) is 8.75. The predicted octanol–water partition coefficient (Wildman–Crippen LogP) is 3.29. The minimum absolute atomic E-state index is 0.0407. The monoisotopic (exact) mass is 405 g/mol. The summed E-state index contributed by atoms with van der Waals surface area (Å²) in [6.07, 6.45) is 1.62. The number of nitrogens with zero attached hydrogens (tertiary/aromatic N) is 2. The van der Waals surface area contributed by atoms with E-state index in [0.717, 1.165) is 8.66 Å². The van der Waals surface area contributed by atoms with Gasteiger partial charge in [-0.25, -0.2) is 18.1 Å². The SMILES string of the molecule is O=S(=O)(NCc1ccc(Br)s1)c1c(Cl)nc2ccccn12. The van der Waals surface area contributed by atoms with Crippen LogP contribution in [0.1, 0.15) is 4.88 Å². The van der Waals surface area contributed by atoms with E-state index in [0.29, 0.717) is 5.65 Å². The zero-order valence-corrected chi connectivity index (χ0v) is 14.4. The van der Waals surface area contributed by atoms with Crippen molar-refractivity contribution in [3.63, 3.8) is 0 Å². The second-order valence-electron chi connectivity index (χ2n) is 4.17. The van der Waals surface area contributed by atoms with E-state index in [1.807, 2.05) is 12.1 Å². The lowest BCUT2D eigenvalue weighted by Crippen LogP contribution is -2.24. The maximum absolute atomic E-state index is 12.4. The average Bonchev–Trinajstić information content (AvgIpc) is 2.99. The van der Waals surface area contributed by atoms with Gasteiger partial charge in [0.25, 0.3) is 10.0 Å². The lowest BCUT2D eigenvalue weighted by atomic mass is 10.5. The van der Waals surface area contributed by atoms with E-state index in [1.165, 1.54) is 15.7 Å². The van der Waals surface area contributed by atoms with E-state index in [1.54, 1.807) is 24.4 Å². The fourth-order valence-electron chi connectivity index (χ4n) is 1.87. The molecule has 0 bridgehead atoms. The Morgan fingerprint density at radius 2 is 2.14 bits per heavy atom. The molecule has 3 aromatic rings. The number of nitrogens with one attached hydrogen (secondary N) is 1. The summed E-state index contributed by atoms with van der Waals surface area (Å²) in [4.78, 5) is 4.94. The third kappa shape index (κ3) is 3.00. The van der Waals surface area contributed by atoms with Gasteiger partial charge in [-0.2, -0.15) is 0 Å². The van der Waals surface area contributed by atoms with E-state index in [-0.39, 0.29) is 16.7 Å². The first-order valence-corrected chi connectivity index (χ1v) is 9.31. The maximum Gasteiger partial charge on any atom is 0.260 e. The van der Waals surface area contributed by atoms with Crippen LogP contribution in [0.15, 0.2) is 45.3 Å². The summed E-state index contributed by atoms with van der Waals surface area (Å²) in [6.45, 7) is 0.203. The minimum Gasteiger partial charge on any atom is -0.288 e. The first-order chi connectivity index (χ1) is 9.97. The van der Waals surface area contributed by atoms with Crippen LogP contribution in [-0.4, -0.2) is 17.8 Å². The van der Waals surface area contributed by atoms with Crippen molar-refractivity contribution in [3.05, 3.63) is 50.3 Å². The van der Waals surface area contributed by atoms with E-state index >= 15 is 0 Å². The molecular weight excluding hydrogens is 398 g/mol. The fraction of sp³-hybridized carbons (Fsp3) is 0.0833. The Balaban J connectivity index is 1.95. The Labute approximate surface area is 138 Å². The Morgan fingerprint density at radius 1 is 1.33 bits per heavy atom. The summed E-state index contributed by atoms with van der Waals surface area (Å²) >= 11 is 10.8. The van der Waals surface area contributed by atoms with Crippen LogP contribution in [0, 0.1) is 0 Å². The van der Waals surface area contributed by atoms with Crippen molar-refractivity contribution in [3.8, 4) is 0 Å². The first kappa shape index (κ1) is 15.0. The van der Waals surface area contributed by atoms with E-state index < -0.39 is 10.0 Å². The summed E-state index contributed by atoms with van der Waals surface area (Å²) < 4.78 is 29.8. The molecule has 0 unspecified atom stereocenters. The third-order valence-electron chi connectivity index (χ3n) is 2.77. The number of pyridine rings is 1. The quantitative estimate of drug-likeness (QED) is 0.723. The topological polar surface area (TPSA) is 63.5 Å². The molecule has 5 nitrogen and oxygen atoms in total. The van der Waals surface area contributed by atoms with Crippen molar-refractivity contribution in [2.24, 2.45) is 0 Å². The zero-order valence-electron chi connectivity index (χ0n) is 10.5. The van der Waals surface area contributed by atoms with Gasteiger partial charge in [-0.3, -0.25) is 4.40 Å². The molecule has 110 valence electrons. The number of sulfonamides is 1. The molecule has 0 spiro atoms. The number of imidazole rings is 1. The van der Waals surface area contributed by atoms with Crippen LogP contribution in [0.5, 0.6) is 0 Å². The van der Waals surface area contributed by atoms with Crippen LogP contribution in [0.2, 0.25) is 5.15 Å². The number of thiophene rings is 1. The molecular formula is C12H9BrClN3O2S2. The Kier molecular flexibility index (Phi) is 4.06. The van der Waals surface area contributed by atoms with Gasteiger partial charge in [0.05, 0.1) is 3.79 Å². The van der Waals surface area contributed by atoms with Gasteiger partial charge in [-0.05, 0) is 40.2 Å². The number of hydrogen-bond acceptors (Lipinski definition) is 4. The van der Waals surface area contributed by atoms with Gasteiger partial charge in [0.15, 0.2) is 10.2 Å². The molecule has 0 amide bonds. The highest BCUT2D eigenvalue weighted by Gasteiger charge is 2.24. The molecule has 3 rings (SSSR count). The molecule has 9 heteroatoms. The van der Waals surface area contributed by atoms with Crippen molar-refractivity contribution in [2.75, 3.05) is 0 Å². The lowest BCUT2D eigenvalue weighted by molar-refractivity contribution is 0.577. The van der Waals surface area contributed by atoms with Crippen molar-refractivity contribution in [1.82, 2.24) is 14.1 Å². The van der Waals surface area contributed by atoms with Crippen LogP contribution in [0.3, 0.4) is 0 Å². The molecule has 0 saturated carbocycles. The van der Waals surface area contributed by atoms with Crippen molar-refractivity contribution in [1.29, 1.82) is 0 Å². The number of hydrogen-bond donors (Lipinski definition) is 1. The molecule has 3 heterocycles. The average molecular weight is 407 g/mol. The van der Waals surface area contributed by atoms with Crippen molar-refractivity contribution in [2.45, 2.75) is 11.6 Å². The van der Waals surface area contributed by atoms with E-state index in [4.69, 9.17) is 11.6 Å². The predicted molar refractivity (Wildman–Crippen MR) is 86.2 cm³/mol. The van der Waals surface area contributed by atoms with Gasteiger partial charge in [0.1, 0.15) is 5.65 Å². The summed E-state index contributed by atoms with van der Waals surface area (Å²) in [6, 6.07) is 8.91. The van der Waals surface area contributed by atoms with Gasteiger partial charge >= 0.3 is 0 Å². The molecule has 3 aromatic heterocycles. The molecule has 0 aromatic carbocycles. The van der Waals surface area contributed by atoms with Crippen LogP contribution in [0.4, 0.5) is 0 Å². The second kappa shape index (κ2) is 5.69. The molecule has 21 heavy (non-hydrogen) atoms. The van der Waals surface area contributed by atoms with Gasteiger partial charge in [-0.1, -0.05) is 17.7 Å². The van der Waals surface area contributed by atoms with Crippen LogP contribution >= 0.6 is 38.9 Å². The molecule has 1 N–H and O–H groups in total.